The van der Waals surface area contributed by atoms with Gasteiger partial charge < -0.3 is 9.88 Å². The van der Waals surface area contributed by atoms with Crippen LogP contribution in [0.25, 0.3) is 11.0 Å². The number of thiazole rings is 1. The Morgan fingerprint density at radius 3 is 2.58 bits per heavy atom. The van der Waals surface area contributed by atoms with Crippen LogP contribution < -0.4 is 5.32 Å². The molecule has 1 unspecified atom stereocenters. The van der Waals surface area contributed by atoms with E-state index < -0.39 is 0 Å². The summed E-state index contributed by atoms with van der Waals surface area (Å²) in [5.74, 6) is 1.45. The summed E-state index contributed by atoms with van der Waals surface area (Å²) in [6.07, 6.45) is 5.56. The van der Waals surface area contributed by atoms with Gasteiger partial charge in [0.25, 0.3) is 5.91 Å². The van der Waals surface area contributed by atoms with Crippen LogP contribution in [0.15, 0.2) is 47.3 Å². The number of imidazole rings is 1. The summed E-state index contributed by atoms with van der Waals surface area (Å²) in [6.45, 7) is 8.78. The van der Waals surface area contributed by atoms with Crippen molar-refractivity contribution >= 4 is 39.6 Å². The number of thiophene rings is 1. The maximum absolute atomic E-state index is 13.2. The van der Waals surface area contributed by atoms with Gasteiger partial charge >= 0.3 is 0 Å². The Bertz CT molecular complexity index is 1170. The molecule has 1 amide bonds. The smallest absolute Gasteiger partial charge is 0.251 e. The molecule has 1 aromatic carbocycles. The van der Waals surface area contributed by atoms with Gasteiger partial charge in [-0.05, 0) is 54.8 Å². The summed E-state index contributed by atoms with van der Waals surface area (Å²) in [4.78, 5) is 24.0. The van der Waals surface area contributed by atoms with E-state index >= 15 is 0 Å². The molecule has 0 fully saturated rings. The Balaban J connectivity index is 1.66. The third kappa shape index (κ3) is 5.36. The lowest BCUT2D eigenvalue weighted by atomic mass is 10.0. The first-order valence-electron chi connectivity index (χ1n) is 11.7. The fourth-order valence-electron chi connectivity index (χ4n) is 4.39. The van der Waals surface area contributed by atoms with E-state index in [-0.39, 0.29) is 11.9 Å². The van der Waals surface area contributed by atoms with E-state index in [9.17, 15) is 4.79 Å². The number of benzene rings is 1. The van der Waals surface area contributed by atoms with Gasteiger partial charge in [-0.1, -0.05) is 33.8 Å². The van der Waals surface area contributed by atoms with Crippen molar-refractivity contribution in [1.29, 1.82) is 0 Å². The van der Waals surface area contributed by atoms with Crippen molar-refractivity contribution in [3.63, 3.8) is 0 Å². The van der Waals surface area contributed by atoms with E-state index in [2.05, 4.69) is 66.1 Å². The van der Waals surface area contributed by atoms with Gasteiger partial charge in [-0.2, -0.15) is 0 Å². The molecule has 0 saturated heterocycles. The van der Waals surface area contributed by atoms with Gasteiger partial charge in [0.2, 0.25) is 0 Å². The maximum atomic E-state index is 13.2. The molecule has 0 saturated carbocycles. The lowest BCUT2D eigenvalue weighted by Crippen LogP contribution is -2.29. The van der Waals surface area contributed by atoms with Crippen LogP contribution in [-0.4, -0.2) is 20.4 Å². The van der Waals surface area contributed by atoms with Crippen molar-refractivity contribution in [2.45, 2.75) is 65.5 Å². The molecule has 174 valence electrons. The minimum atomic E-state index is -0.0790. The molecule has 0 radical (unpaired) electrons. The van der Waals surface area contributed by atoms with Crippen LogP contribution in [0.4, 0.5) is 0 Å². The average Bonchev–Trinajstić information content (AvgIpc) is 3.56. The lowest BCUT2D eigenvalue weighted by Gasteiger charge is -2.19. The topological polar surface area (TPSA) is 59.8 Å². The highest BCUT2D eigenvalue weighted by molar-refractivity contribution is 7.10. The zero-order valence-electron chi connectivity index (χ0n) is 19.7. The largest absolute Gasteiger partial charge is 0.343 e. The molecular weight excluding hydrogens is 448 g/mol. The lowest BCUT2D eigenvalue weighted by molar-refractivity contribution is 0.0932. The number of rotatable bonds is 10. The number of amides is 1. The fourth-order valence-corrected chi connectivity index (χ4v) is 5.79. The Morgan fingerprint density at radius 2 is 1.94 bits per heavy atom. The van der Waals surface area contributed by atoms with Crippen molar-refractivity contribution in [3.05, 3.63) is 68.6 Å². The quantitative estimate of drug-likeness (QED) is 0.265. The van der Waals surface area contributed by atoms with E-state index in [0.29, 0.717) is 17.5 Å². The molecule has 5 nitrogen and oxygen atoms in total. The number of nitrogens with one attached hydrogen (secondary N) is 1. The molecule has 1 atom stereocenters. The van der Waals surface area contributed by atoms with Crippen molar-refractivity contribution < 1.29 is 4.79 Å². The molecular formula is C26H32N4OS2. The molecule has 4 aromatic rings. The molecule has 1 N–H and O–H groups in total. The van der Waals surface area contributed by atoms with Gasteiger partial charge in [0.1, 0.15) is 10.8 Å². The summed E-state index contributed by atoms with van der Waals surface area (Å²) in [5, 5.41) is 8.23. The first kappa shape index (κ1) is 23.6. The normalized spacial score (nSPS) is 12.7. The SMILES string of the molecule is CCC(CC)n1c(Cc2cccs2)nc2cc(C(=O)NC(CC(C)C)c3nccs3)ccc21. The van der Waals surface area contributed by atoms with Crippen molar-refractivity contribution in [2.75, 3.05) is 0 Å². The van der Waals surface area contributed by atoms with E-state index in [0.717, 1.165) is 47.5 Å². The molecule has 0 aliphatic carbocycles. The third-order valence-corrected chi connectivity index (χ3v) is 7.77. The standard InChI is InChI=1S/C26H32N4OS2/c1-5-19(6-2)30-23-10-9-18(15-21(23)28-24(30)16-20-8-7-12-32-20)25(31)29-22(14-17(3)4)26-27-11-13-33-26/h7-13,15,17,19,22H,5-6,14,16H2,1-4H3,(H,29,31). The number of carbonyl (C=O) groups excluding carboxylic acids is 1. The van der Waals surface area contributed by atoms with Gasteiger partial charge in [0, 0.05) is 34.5 Å². The van der Waals surface area contributed by atoms with E-state index in [1.165, 1.54) is 4.88 Å². The monoisotopic (exact) mass is 480 g/mol. The summed E-state index contributed by atoms with van der Waals surface area (Å²) in [7, 11) is 0. The second-order valence-electron chi connectivity index (χ2n) is 8.85. The first-order chi connectivity index (χ1) is 16.0. The molecule has 33 heavy (non-hydrogen) atoms. The van der Waals surface area contributed by atoms with E-state index in [1.54, 1.807) is 28.9 Å². The number of fused-ring (bicyclic) bond motifs is 1. The zero-order chi connectivity index (χ0) is 23.4. The van der Waals surface area contributed by atoms with Gasteiger partial charge in [-0.15, -0.1) is 22.7 Å². The predicted molar refractivity (Wildman–Crippen MR) is 138 cm³/mol. The average molecular weight is 481 g/mol. The van der Waals surface area contributed by atoms with Crippen LogP contribution in [0.3, 0.4) is 0 Å². The Kier molecular flexibility index (Phi) is 7.60. The van der Waals surface area contributed by atoms with Gasteiger partial charge in [0.05, 0.1) is 17.1 Å². The predicted octanol–water partition coefficient (Wildman–Crippen LogP) is 7.02. The third-order valence-electron chi connectivity index (χ3n) is 6.01. The summed E-state index contributed by atoms with van der Waals surface area (Å²) >= 11 is 3.35. The Morgan fingerprint density at radius 1 is 1.12 bits per heavy atom. The summed E-state index contributed by atoms with van der Waals surface area (Å²) in [6, 6.07) is 10.5. The molecule has 3 heterocycles. The van der Waals surface area contributed by atoms with Crippen molar-refractivity contribution in [1.82, 2.24) is 19.9 Å². The highest BCUT2D eigenvalue weighted by atomic mass is 32.1. The molecule has 3 aromatic heterocycles. The highest BCUT2D eigenvalue weighted by Crippen LogP contribution is 2.29. The summed E-state index contributed by atoms with van der Waals surface area (Å²) < 4.78 is 2.38. The zero-order valence-corrected chi connectivity index (χ0v) is 21.4. The number of carbonyl (C=O) groups is 1. The van der Waals surface area contributed by atoms with Crippen LogP contribution in [0.1, 0.15) is 85.1 Å². The first-order valence-corrected chi connectivity index (χ1v) is 13.5. The van der Waals surface area contributed by atoms with Crippen molar-refractivity contribution in [3.8, 4) is 0 Å². The van der Waals surface area contributed by atoms with Crippen molar-refractivity contribution in [2.24, 2.45) is 5.92 Å². The second-order valence-corrected chi connectivity index (χ2v) is 10.8. The summed E-state index contributed by atoms with van der Waals surface area (Å²) in [5.41, 5.74) is 2.63. The van der Waals surface area contributed by atoms with E-state index in [1.807, 2.05) is 17.5 Å². The van der Waals surface area contributed by atoms with E-state index in [4.69, 9.17) is 4.98 Å². The van der Waals surface area contributed by atoms with Crippen LogP contribution >= 0.6 is 22.7 Å². The maximum Gasteiger partial charge on any atom is 0.251 e. The van der Waals surface area contributed by atoms with Crippen LogP contribution in [0.2, 0.25) is 0 Å². The molecule has 0 spiro atoms. The van der Waals surface area contributed by atoms with Gasteiger partial charge in [-0.25, -0.2) is 9.97 Å². The number of hydrogen-bond donors (Lipinski definition) is 1. The molecule has 0 bridgehead atoms. The Hall–Kier alpha value is -2.51. The minimum absolute atomic E-state index is 0.0744. The van der Waals surface area contributed by atoms with Gasteiger partial charge in [-0.3, -0.25) is 4.79 Å². The van der Waals surface area contributed by atoms with Gasteiger partial charge in [0.15, 0.2) is 0 Å². The second kappa shape index (κ2) is 10.6. The highest BCUT2D eigenvalue weighted by Gasteiger charge is 2.22. The van der Waals surface area contributed by atoms with Crippen LogP contribution in [0.5, 0.6) is 0 Å². The molecule has 7 heteroatoms. The molecule has 0 aliphatic heterocycles. The number of nitrogens with zero attached hydrogens (tertiary/aromatic N) is 3. The molecule has 4 rings (SSSR count). The van der Waals surface area contributed by atoms with Crippen LogP contribution in [-0.2, 0) is 6.42 Å². The number of aromatic nitrogens is 3. The Labute approximate surface area is 203 Å². The fraction of sp³-hybridized carbons (Fsp3) is 0.423. The van der Waals surface area contributed by atoms with Crippen LogP contribution in [0, 0.1) is 5.92 Å². The minimum Gasteiger partial charge on any atom is -0.343 e. The molecule has 0 aliphatic rings. The number of hydrogen-bond acceptors (Lipinski definition) is 5.